The topological polar surface area (TPSA) is 144 Å². The average molecular weight is 539 g/mol. The molecule has 0 aliphatic heterocycles. The Hall–Kier alpha value is -3.91. The molecule has 3 heterocycles. The first-order chi connectivity index (χ1) is 17.4. The van der Waals surface area contributed by atoms with Crippen molar-refractivity contribution < 1.29 is 32.6 Å². The highest BCUT2D eigenvalue weighted by atomic mass is 32.1. The Bertz CT molecular complexity index is 1430. The van der Waals surface area contributed by atoms with E-state index < -0.39 is 12.1 Å². The molecule has 3 aromatic heterocycles. The Morgan fingerprint density at radius 2 is 1.95 bits per heavy atom. The smallest absolute Gasteiger partial charge is 0.490 e. The number of hydrogen-bond acceptors (Lipinski definition) is 8. The highest BCUT2D eigenvalue weighted by Gasteiger charge is 2.38. The number of nitrogens with two attached hydrogens (primary N) is 1. The number of carboxylic acid groups (broad SMARTS) is 1. The zero-order valence-electron chi connectivity index (χ0n) is 20.1. The lowest BCUT2D eigenvalue weighted by atomic mass is 10.1. The molecule has 0 bridgehead atoms. The maximum Gasteiger partial charge on any atom is 0.490 e. The molecule has 4 aromatic rings. The zero-order valence-corrected chi connectivity index (χ0v) is 21.0. The summed E-state index contributed by atoms with van der Waals surface area (Å²) < 4.78 is 40.2. The van der Waals surface area contributed by atoms with Gasteiger partial charge >= 0.3 is 12.1 Å². The molecule has 10 nitrogen and oxygen atoms in total. The van der Waals surface area contributed by atoms with Gasteiger partial charge in [0.05, 0.1) is 11.8 Å². The van der Waals surface area contributed by atoms with Crippen molar-refractivity contribution >= 4 is 44.6 Å². The van der Waals surface area contributed by atoms with E-state index in [1.54, 1.807) is 23.0 Å². The number of carboxylic acids is 1. The van der Waals surface area contributed by atoms with Gasteiger partial charge in [0.1, 0.15) is 17.6 Å². The molecule has 0 aliphatic rings. The normalized spacial score (nSPS) is 11.3. The second kappa shape index (κ2) is 11.4. The summed E-state index contributed by atoms with van der Waals surface area (Å²) in [5.74, 6) is -1.49. The minimum absolute atomic E-state index is 0.0374. The van der Waals surface area contributed by atoms with Crippen LogP contribution in [-0.4, -0.2) is 58.0 Å². The van der Waals surface area contributed by atoms with Gasteiger partial charge in [-0.3, -0.25) is 4.79 Å². The fourth-order valence-electron chi connectivity index (χ4n) is 3.58. The van der Waals surface area contributed by atoms with Crippen LogP contribution in [0.25, 0.3) is 26.0 Å². The van der Waals surface area contributed by atoms with E-state index in [0.717, 1.165) is 42.9 Å². The van der Waals surface area contributed by atoms with Crippen LogP contribution in [0.1, 0.15) is 18.1 Å². The van der Waals surface area contributed by atoms with Gasteiger partial charge in [0.2, 0.25) is 5.91 Å². The number of hydrogen-bond donors (Lipinski definition) is 4. The number of alkyl halides is 3. The number of ether oxygens (including phenoxy) is 1. The molecule has 0 saturated heterocycles. The molecule has 0 fully saturated rings. The maximum absolute atomic E-state index is 11.1. The summed E-state index contributed by atoms with van der Waals surface area (Å²) in [6.07, 6.45) is -1.65. The van der Waals surface area contributed by atoms with Gasteiger partial charge < -0.3 is 26.2 Å². The number of carbonyl (C=O) groups excluding carboxylic acids is 1. The minimum atomic E-state index is -5.08. The zero-order chi connectivity index (χ0) is 27.3. The van der Waals surface area contributed by atoms with Crippen LogP contribution in [0.5, 0.6) is 5.75 Å². The summed E-state index contributed by atoms with van der Waals surface area (Å²) in [7, 11) is 1.69. The molecule has 0 spiro atoms. The summed E-state index contributed by atoms with van der Waals surface area (Å²) >= 11 is 1.67. The second-order valence-electron chi connectivity index (χ2n) is 7.93. The summed E-state index contributed by atoms with van der Waals surface area (Å²) in [6, 6.07) is 6.36. The van der Waals surface area contributed by atoms with Crippen molar-refractivity contribution in [1.82, 2.24) is 25.2 Å². The third-order valence-electron chi connectivity index (χ3n) is 5.11. The van der Waals surface area contributed by atoms with E-state index in [2.05, 4.69) is 39.8 Å². The van der Waals surface area contributed by atoms with E-state index in [1.807, 2.05) is 12.3 Å². The number of nitrogens with one attached hydrogen (secondary N) is 2. The van der Waals surface area contributed by atoms with Gasteiger partial charge in [-0.2, -0.15) is 18.3 Å². The molecule has 4 rings (SSSR count). The van der Waals surface area contributed by atoms with Crippen LogP contribution < -0.4 is 21.1 Å². The van der Waals surface area contributed by atoms with Crippen LogP contribution in [0.15, 0.2) is 30.7 Å². The lowest BCUT2D eigenvalue weighted by Crippen LogP contribution is -2.29. The number of methoxy groups -OCH3 is 1. The van der Waals surface area contributed by atoms with Crippen LogP contribution in [0, 0.1) is 6.92 Å². The summed E-state index contributed by atoms with van der Waals surface area (Å²) in [5, 5.41) is 18.8. The highest BCUT2D eigenvalue weighted by molar-refractivity contribution is 7.22. The predicted molar refractivity (Wildman–Crippen MR) is 134 cm³/mol. The van der Waals surface area contributed by atoms with E-state index in [9.17, 15) is 18.0 Å². The minimum Gasteiger partial charge on any atom is -0.495 e. The Morgan fingerprint density at radius 1 is 1.24 bits per heavy atom. The van der Waals surface area contributed by atoms with Crippen LogP contribution in [0.3, 0.4) is 0 Å². The second-order valence-corrected chi connectivity index (χ2v) is 8.98. The van der Waals surface area contributed by atoms with Crippen LogP contribution >= 0.6 is 11.3 Å². The van der Waals surface area contributed by atoms with Crippen molar-refractivity contribution in [3.63, 3.8) is 0 Å². The van der Waals surface area contributed by atoms with Gasteiger partial charge in [-0.1, -0.05) is 6.07 Å². The Kier molecular flexibility index (Phi) is 8.55. The predicted octanol–water partition coefficient (Wildman–Crippen LogP) is 3.37. The number of nitrogens with zero attached hydrogens (tertiary/aromatic N) is 3. The Balaban J connectivity index is 0.000000479. The summed E-state index contributed by atoms with van der Waals surface area (Å²) in [4.78, 5) is 25.2. The van der Waals surface area contributed by atoms with E-state index in [4.69, 9.17) is 20.4 Å². The summed E-state index contributed by atoms with van der Waals surface area (Å²) in [5.41, 5.74) is 10.2. The molecule has 0 saturated carbocycles. The fraction of sp³-hybridized carbons (Fsp3) is 0.304. The fourth-order valence-corrected chi connectivity index (χ4v) is 4.80. The van der Waals surface area contributed by atoms with Crippen molar-refractivity contribution in [3.8, 4) is 16.2 Å². The summed E-state index contributed by atoms with van der Waals surface area (Å²) in [6.45, 7) is 5.41. The van der Waals surface area contributed by atoms with Gasteiger partial charge in [-0.15, -0.1) is 11.3 Å². The van der Waals surface area contributed by atoms with Gasteiger partial charge in [-0.05, 0) is 35.6 Å². The lowest BCUT2D eigenvalue weighted by molar-refractivity contribution is -0.192. The van der Waals surface area contributed by atoms with Crippen molar-refractivity contribution in [2.75, 3.05) is 25.9 Å². The molecule has 1 amide bonds. The van der Waals surface area contributed by atoms with E-state index in [-0.39, 0.29) is 5.91 Å². The molecular formula is C23H25F3N6O4S. The molecule has 37 heavy (non-hydrogen) atoms. The number of amides is 1. The number of anilines is 1. The number of aromatic nitrogens is 3. The average Bonchev–Trinajstić information content (AvgIpc) is 3.39. The largest absolute Gasteiger partial charge is 0.495 e. The Morgan fingerprint density at radius 3 is 2.57 bits per heavy atom. The first-order valence-corrected chi connectivity index (χ1v) is 11.7. The molecule has 14 heteroatoms. The number of thiophene rings is 1. The van der Waals surface area contributed by atoms with Crippen LogP contribution in [-0.2, 0) is 16.1 Å². The van der Waals surface area contributed by atoms with Gasteiger partial charge in [0.25, 0.3) is 0 Å². The molecule has 0 aliphatic carbocycles. The first-order valence-electron chi connectivity index (χ1n) is 10.9. The molecule has 5 N–H and O–H groups in total. The van der Waals surface area contributed by atoms with E-state index >= 15 is 0 Å². The van der Waals surface area contributed by atoms with Crippen molar-refractivity contribution in [2.45, 2.75) is 26.6 Å². The third kappa shape index (κ3) is 6.65. The number of rotatable bonds is 7. The quantitative estimate of drug-likeness (QED) is 0.262. The van der Waals surface area contributed by atoms with E-state index in [0.29, 0.717) is 25.5 Å². The molecular weight excluding hydrogens is 513 g/mol. The number of aliphatic carboxylic acids is 1. The number of nitrogen functional groups attached to an aromatic ring is 1. The van der Waals surface area contributed by atoms with Crippen LogP contribution in [0.2, 0.25) is 0 Å². The third-order valence-corrected chi connectivity index (χ3v) is 6.29. The van der Waals surface area contributed by atoms with Crippen LogP contribution in [0.4, 0.5) is 19.0 Å². The number of benzene rings is 1. The molecule has 0 atom stereocenters. The maximum atomic E-state index is 11.1. The number of fused-ring (bicyclic) bond motifs is 2. The molecule has 0 radical (unpaired) electrons. The SMILES string of the molecule is COc1cc(C)cc2cc(-c3c(CNCCNC(C)=O)cn4ncnc(N)c34)sc12.O=C(O)C(F)(F)F. The van der Waals surface area contributed by atoms with Crippen molar-refractivity contribution in [3.05, 3.63) is 41.9 Å². The first kappa shape index (κ1) is 27.7. The molecule has 198 valence electrons. The highest BCUT2D eigenvalue weighted by Crippen LogP contribution is 2.43. The van der Waals surface area contributed by atoms with Gasteiger partial charge in [0.15, 0.2) is 5.82 Å². The monoisotopic (exact) mass is 538 g/mol. The van der Waals surface area contributed by atoms with Crippen molar-refractivity contribution in [1.29, 1.82) is 0 Å². The lowest BCUT2D eigenvalue weighted by Gasteiger charge is -2.06. The number of halogens is 3. The molecule has 0 unspecified atom stereocenters. The van der Waals surface area contributed by atoms with Crippen molar-refractivity contribution in [2.24, 2.45) is 0 Å². The number of aryl methyl sites for hydroxylation is 1. The Labute approximate surface area is 213 Å². The standard InChI is InChI=1S/C21H24N6O2S.C2HF3O2/c1-12-6-14-8-17(30-20(14)16(7-12)29-3)18-15(9-23-4-5-24-13(2)28)10-27-19(18)21(22)25-11-26-27;3-2(4,5)1(6)7/h6-8,10-11,23H,4-5,9H2,1-3H3,(H,24,28)(H2,22,25,26);(H,6,7). The van der Waals surface area contributed by atoms with Gasteiger partial charge in [-0.25, -0.2) is 14.3 Å². The number of carbonyl (C=O) groups is 2. The van der Waals surface area contributed by atoms with E-state index in [1.165, 1.54) is 13.3 Å². The van der Waals surface area contributed by atoms with Gasteiger partial charge in [0, 0.05) is 43.2 Å². The molecule has 1 aromatic carbocycles.